The molecule has 2 heteroatoms. The molecule has 214 valence electrons. The monoisotopic (exact) mass is 720 g/mol. The quantitative estimate of drug-likeness (QED) is 0.223. The molecule has 0 amide bonds. The number of unbranched alkanes of at least 4 members (excludes halogenated alkanes) is 1. The van der Waals surface area contributed by atoms with E-state index in [4.69, 9.17) is 4.26 Å². The van der Waals surface area contributed by atoms with Crippen molar-refractivity contribution >= 4 is 18.2 Å². The van der Waals surface area contributed by atoms with Gasteiger partial charge in [-0.05, 0) is 0 Å². The standard InChI is InChI=1S/C21H25.C5H5S.C5H5.C4H9.2CH3.CH2.Hf/c1-20(2,3)16-7-9-18-14(12-16)11-15-13-17(21(4,5)6)8-10-19(15)18;1-5-3-2-4-6-5;1-2-4-5-3-1;1-3-4-2;;;;/h7-13H,1-6H3;2-3H,1H3;1-5H;1,3-4H2,2H3;2*1H3;1H2;. The first-order valence-electron chi connectivity index (χ1n) is 15.5. The van der Waals surface area contributed by atoms with Gasteiger partial charge in [-0.1, -0.05) is 0 Å². The van der Waals surface area contributed by atoms with E-state index in [2.05, 4.69) is 138 Å². The van der Waals surface area contributed by atoms with Crippen LogP contribution >= 0.6 is 11.3 Å². The minimum atomic E-state index is -5.58. The van der Waals surface area contributed by atoms with Crippen molar-refractivity contribution in [3.8, 4) is 11.1 Å². The van der Waals surface area contributed by atoms with Crippen LogP contribution in [0.5, 0.6) is 0 Å². The van der Waals surface area contributed by atoms with Gasteiger partial charge in [0.2, 0.25) is 0 Å². The van der Waals surface area contributed by atoms with Gasteiger partial charge in [0.1, 0.15) is 0 Å². The van der Waals surface area contributed by atoms with Crippen LogP contribution in [0.2, 0.25) is 17.2 Å². The van der Waals surface area contributed by atoms with E-state index in [1.807, 2.05) is 11.3 Å². The molecule has 40 heavy (non-hydrogen) atoms. The van der Waals surface area contributed by atoms with E-state index in [1.54, 1.807) is 2.63 Å². The second kappa shape index (κ2) is 8.25. The normalized spacial score (nSPS) is 18.7. The summed E-state index contributed by atoms with van der Waals surface area (Å²) in [5, 5.41) is 0. The Morgan fingerprint density at radius 3 is 1.68 bits per heavy atom. The molecule has 0 bridgehead atoms. The Balaban J connectivity index is 2.05. The fourth-order valence-corrected chi connectivity index (χ4v) is 54.9. The van der Waals surface area contributed by atoms with Gasteiger partial charge in [0.15, 0.2) is 0 Å². The molecule has 0 fully saturated rings. The number of allylic oxidation sites excluding steroid dienone is 4. The molecule has 2 aromatic carbocycles. The van der Waals surface area contributed by atoms with E-state index in [1.165, 1.54) is 55.3 Å². The predicted molar refractivity (Wildman–Crippen MR) is 180 cm³/mol. The Morgan fingerprint density at radius 2 is 1.27 bits per heavy atom. The average Bonchev–Trinajstić information content (AvgIpc) is 3.61. The first-order chi connectivity index (χ1) is 18.3. The fourth-order valence-electron chi connectivity index (χ4n) is 8.82. The third-order valence-electron chi connectivity index (χ3n) is 11.8. The molecule has 2 aliphatic carbocycles. The SMILES string of the molecule is [CH2]=[Hf]([CH3])([CH3])([CH2]CCC)([c]1ccc(C)s1)([CH]1C=CC=C1)[CH]1c2cc(C(C)(C)C)ccc2-c2ccc(C(C)(C)C)cc21. The molecular formula is C38H52HfS. The number of thiophene rings is 1. The van der Waals surface area contributed by atoms with Gasteiger partial charge in [-0.15, -0.1) is 0 Å². The average molecular weight is 719 g/mol. The van der Waals surface area contributed by atoms with Crippen molar-refractivity contribution in [2.24, 2.45) is 0 Å². The summed E-state index contributed by atoms with van der Waals surface area (Å²) < 4.78 is 14.8. The maximum absolute atomic E-state index is 5.94. The van der Waals surface area contributed by atoms with Crippen molar-refractivity contribution in [3.63, 3.8) is 0 Å². The van der Waals surface area contributed by atoms with Crippen molar-refractivity contribution in [2.75, 3.05) is 0 Å². The molecule has 0 N–H and O–H groups in total. The molecule has 0 unspecified atom stereocenters. The molecule has 0 atom stereocenters. The molecule has 0 nitrogen and oxygen atoms in total. The van der Waals surface area contributed by atoms with E-state index in [0.717, 1.165) is 0 Å². The Kier molecular flexibility index (Phi) is 6.16. The molecule has 3 aromatic rings. The zero-order chi connectivity index (χ0) is 29.5. The topological polar surface area (TPSA) is 0 Å². The number of hydrogen-bond acceptors (Lipinski definition) is 1. The number of rotatable bonds is 6. The summed E-state index contributed by atoms with van der Waals surface area (Å²) in [6.07, 6.45) is 12.0. The van der Waals surface area contributed by atoms with E-state index in [9.17, 15) is 0 Å². The van der Waals surface area contributed by atoms with Gasteiger partial charge in [-0.2, -0.15) is 0 Å². The molecular weight excluding hydrogens is 667 g/mol. The van der Waals surface area contributed by atoms with Crippen LogP contribution in [0, 0.1) is 6.92 Å². The van der Waals surface area contributed by atoms with Gasteiger partial charge in [0.25, 0.3) is 0 Å². The molecule has 1 heterocycles. The van der Waals surface area contributed by atoms with Crippen molar-refractivity contribution < 1.29 is 15.1 Å². The summed E-state index contributed by atoms with van der Waals surface area (Å²) in [6, 6.07) is 19.7. The summed E-state index contributed by atoms with van der Waals surface area (Å²) in [4.78, 5) is 1.39. The molecule has 2 aliphatic rings. The van der Waals surface area contributed by atoms with E-state index in [-0.39, 0.29) is 14.5 Å². The van der Waals surface area contributed by atoms with Crippen LogP contribution in [-0.4, -0.2) is 4.26 Å². The van der Waals surface area contributed by atoms with E-state index in [0.29, 0.717) is 3.67 Å². The van der Waals surface area contributed by atoms with Crippen molar-refractivity contribution in [2.45, 2.75) is 99.9 Å². The van der Waals surface area contributed by atoms with E-state index < -0.39 is 15.1 Å². The van der Waals surface area contributed by atoms with Crippen LogP contribution in [0.3, 0.4) is 0 Å². The van der Waals surface area contributed by atoms with Gasteiger partial charge < -0.3 is 0 Å². The minimum absolute atomic E-state index is 0.0774. The summed E-state index contributed by atoms with van der Waals surface area (Å²) >= 11 is -3.54. The Hall–Kier alpha value is -1.64. The summed E-state index contributed by atoms with van der Waals surface area (Å²) in [7, 11) is 0. The fraction of sp³-hybridized carbons (Fsp3) is 0.447. The second-order valence-electron chi connectivity index (χ2n) is 17.8. The van der Waals surface area contributed by atoms with Crippen molar-refractivity contribution in [1.29, 1.82) is 0 Å². The summed E-state index contributed by atoms with van der Waals surface area (Å²) in [5.41, 5.74) is 8.89. The van der Waals surface area contributed by atoms with Crippen LogP contribution in [0.25, 0.3) is 11.1 Å². The van der Waals surface area contributed by atoms with Gasteiger partial charge in [0, 0.05) is 0 Å². The molecule has 0 radical (unpaired) electrons. The van der Waals surface area contributed by atoms with Crippen molar-refractivity contribution in [3.05, 3.63) is 100.0 Å². The van der Waals surface area contributed by atoms with Crippen LogP contribution in [0.1, 0.15) is 92.1 Å². The molecule has 0 saturated heterocycles. The van der Waals surface area contributed by atoms with Gasteiger partial charge in [0.05, 0.1) is 0 Å². The second-order valence-corrected chi connectivity index (χ2v) is 67.7. The Labute approximate surface area is 242 Å². The van der Waals surface area contributed by atoms with Gasteiger partial charge >= 0.3 is 244 Å². The molecule has 0 saturated carbocycles. The number of fused-ring (bicyclic) bond motifs is 3. The maximum atomic E-state index is 5.94. The van der Waals surface area contributed by atoms with Crippen LogP contribution in [0.15, 0.2) is 72.8 Å². The first kappa shape index (κ1) is 29.8. The number of aryl methyl sites for hydroxylation is 1. The van der Waals surface area contributed by atoms with E-state index >= 15 is 0 Å². The molecule has 5 rings (SSSR count). The molecule has 1 aromatic heterocycles. The molecule has 0 aliphatic heterocycles. The zero-order valence-corrected chi connectivity index (χ0v) is 31.2. The molecule has 0 spiro atoms. The number of benzene rings is 2. The summed E-state index contributed by atoms with van der Waals surface area (Å²) in [5.74, 6) is 0. The van der Waals surface area contributed by atoms with Gasteiger partial charge in [-0.3, -0.25) is 0 Å². The number of hydrogen-bond donors (Lipinski definition) is 0. The zero-order valence-electron chi connectivity index (χ0n) is 26.8. The van der Waals surface area contributed by atoms with Crippen LogP contribution < -0.4 is 2.63 Å². The van der Waals surface area contributed by atoms with Crippen molar-refractivity contribution in [1.82, 2.24) is 0 Å². The third-order valence-corrected chi connectivity index (χ3v) is 62.8. The van der Waals surface area contributed by atoms with Crippen LogP contribution in [-0.2, 0) is 25.9 Å². The van der Waals surface area contributed by atoms with Crippen LogP contribution in [0.4, 0.5) is 0 Å². The van der Waals surface area contributed by atoms with Gasteiger partial charge in [-0.25, -0.2) is 0 Å². The Morgan fingerprint density at radius 1 is 0.775 bits per heavy atom. The Bertz CT molecular complexity index is 1620. The first-order valence-corrected chi connectivity index (χ1v) is 34.6. The third kappa shape index (κ3) is 3.87. The summed E-state index contributed by atoms with van der Waals surface area (Å²) in [6.45, 7) is 18.8. The predicted octanol–water partition coefficient (Wildman–Crippen LogP) is 11.5.